The first-order valence-corrected chi connectivity index (χ1v) is 7.25. The normalized spacial score (nSPS) is 10.2. The molecule has 0 saturated carbocycles. The number of thiocarbonyl (C=S) groups is 1. The molecule has 0 amide bonds. The number of benzene rings is 1. The molecule has 4 heteroatoms. The molecule has 106 valence electrons. The van der Waals surface area contributed by atoms with E-state index in [-0.39, 0.29) is 0 Å². The van der Waals surface area contributed by atoms with Gasteiger partial charge >= 0.3 is 0 Å². The molecule has 0 aromatic heterocycles. The lowest BCUT2D eigenvalue weighted by Gasteiger charge is -2.21. The van der Waals surface area contributed by atoms with E-state index in [2.05, 4.69) is 34.5 Å². The fourth-order valence-corrected chi connectivity index (χ4v) is 1.89. The highest BCUT2D eigenvalue weighted by Gasteiger charge is 2.03. The van der Waals surface area contributed by atoms with Crippen LogP contribution in [-0.2, 0) is 11.2 Å². The fourth-order valence-electron chi connectivity index (χ4n) is 1.69. The molecule has 0 fully saturated rings. The molecule has 1 N–H and O–H groups in total. The third-order valence-electron chi connectivity index (χ3n) is 2.87. The predicted octanol–water partition coefficient (Wildman–Crippen LogP) is 2.46. The van der Waals surface area contributed by atoms with E-state index >= 15 is 0 Å². The van der Waals surface area contributed by atoms with Gasteiger partial charge in [0.2, 0.25) is 0 Å². The molecule has 0 atom stereocenters. The molecule has 1 aromatic carbocycles. The van der Waals surface area contributed by atoms with Crippen LogP contribution in [0.15, 0.2) is 30.3 Å². The number of hydrogen-bond acceptors (Lipinski definition) is 2. The number of likely N-dealkylation sites (N-methyl/N-ethyl adjacent to an activating group) is 1. The molecule has 0 spiro atoms. The van der Waals surface area contributed by atoms with Crippen molar-refractivity contribution in [2.45, 2.75) is 19.8 Å². The van der Waals surface area contributed by atoms with Crippen LogP contribution in [0.1, 0.15) is 18.9 Å². The van der Waals surface area contributed by atoms with E-state index in [0.29, 0.717) is 0 Å². The van der Waals surface area contributed by atoms with Gasteiger partial charge in [0.1, 0.15) is 0 Å². The summed E-state index contributed by atoms with van der Waals surface area (Å²) in [7, 11) is 2.03. The Bertz CT molecular complexity index is 356. The second kappa shape index (κ2) is 9.75. The Balaban J connectivity index is 2.14. The zero-order valence-electron chi connectivity index (χ0n) is 11.9. The average molecular weight is 280 g/mol. The second-order valence-corrected chi connectivity index (χ2v) is 4.83. The quantitative estimate of drug-likeness (QED) is 0.584. The number of rotatable bonds is 8. The van der Waals surface area contributed by atoms with Crippen LogP contribution in [0.25, 0.3) is 0 Å². The van der Waals surface area contributed by atoms with E-state index < -0.39 is 0 Å². The van der Waals surface area contributed by atoms with Gasteiger partial charge in [-0.1, -0.05) is 30.3 Å². The van der Waals surface area contributed by atoms with E-state index in [4.69, 9.17) is 17.0 Å². The maximum Gasteiger partial charge on any atom is 0.168 e. The highest BCUT2D eigenvalue weighted by Crippen LogP contribution is 2.00. The van der Waals surface area contributed by atoms with Crippen molar-refractivity contribution < 1.29 is 4.74 Å². The molecule has 3 nitrogen and oxygen atoms in total. The minimum absolute atomic E-state index is 0.779. The zero-order chi connectivity index (χ0) is 13.9. The molecule has 0 unspecified atom stereocenters. The topological polar surface area (TPSA) is 24.5 Å². The smallest absolute Gasteiger partial charge is 0.168 e. The summed E-state index contributed by atoms with van der Waals surface area (Å²) in [6, 6.07) is 10.5. The number of nitrogens with one attached hydrogen (secondary N) is 1. The Labute approximate surface area is 121 Å². The van der Waals surface area contributed by atoms with Gasteiger partial charge in [-0.25, -0.2) is 0 Å². The molecular formula is C15H24N2OS. The van der Waals surface area contributed by atoms with Crippen molar-refractivity contribution in [1.82, 2.24) is 10.2 Å². The van der Waals surface area contributed by atoms with Crippen molar-refractivity contribution in [2.24, 2.45) is 0 Å². The van der Waals surface area contributed by atoms with E-state index in [1.54, 1.807) is 0 Å². The highest BCUT2D eigenvalue weighted by molar-refractivity contribution is 7.80. The van der Waals surface area contributed by atoms with Gasteiger partial charge in [0.15, 0.2) is 5.11 Å². The second-order valence-electron chi connectivity index (χ2n) is 4.44. The maximum atomic E-state index is 5.34. The summed E-state index contributed by atoms with van der Waals surface area (Å²) in [6.07, 6.45) is 2.00. The summed E-state index contributed by atoms with van der Waals surface area (Å²) in [5, 5.41) is 4.07. The Kier molecular flexibility index (Phi) is 8.18. The number of hydrogen-bond donors (Lipinski definition) is 1. The third-order valence-corrected chi connectivity index (χ3v) is 3.33. The molecule has 0 aliphatic heterocycles. The van der Waals surface area contributed by atoms with Crippen molar-refractivity contribution in [1.29, 1.82) is 0 Å². The van der Waals surface area contributed by atoms with E-state index in [1.165, 1.54) is 5.56 Å². The molecular weight excluding hydrogens is 256 g/mol. The van der Waals surface area contributed by atoms with Crippen LogP contribution < -0.4 is 5.32 Å². The Morgan fingerprint density at radius 3 is 2.74 bits per heavy atom. The van der Waals surface area contributed by atoms with E-state index in [1.807, 2.05) is 20.0 Å². The Morgan fingerprint density at radius 1 is 1.32 bits per heavy atom. The molecule has 0 aliphatic carbocycles. The first kappa shape index (κ1) is 15.9. The molecule has 0 heterocycles. The highest BCUT2D eigenvalue weighted by atomic mass is 32.1. The Morgan fingerprint density at radius 2 is 2.05 bits per heavy atom. The van der Waals surface area contributed by atoms with Crippen LogP contribution >= 0.6 is 12.2 Å². The van der Waals surface area contributed by atoms with Crippen molar-refractivity contribution in [2.75, 3.05) is 33.4 Å². The summed E-state index contributed by atoms with van der Waals surface area (Å²) >= 11 is 5.34. The molecule has 0 saturated heterocycles. The van der Waals surface area contributed by atoms with Gasteiger partial charge < -0.3 is 15.0 Å². The fraction of sp³-hybridized carbons (Fsp3) is 0.533. The standard InChI is InChI=1S/C15H24N2OS/c1-3-18-13-7-11-16-15(19)17(2)12-10-14-8-5-4-6-9-14/h4-6,8-9H,3,7,10-13H2,1-2H3,(H,16,19). The van der Waals surface area contributed by atoms with Crippen LogP contribution in [0.3, 0.4) is 0 Å². The summed E-state index contributed by atoms with van der Waals surface area (Å²) in [5.41, 5.74) is 1.34. The summed E-state index contributed by atoms with van der Waals surface area (Å²) in [5.74, 6) is 0. The van der Waals surface area contributed by atoms with Crippen LogP contribution in [0.5, 0.6) is 0 Å². The van der Waals surface area contributed by atoms with Gasteiger partial charge in [0, 0.05) is 33.4 Å². The minimum Gasteiger partial charge on any atom is -0.382 e. The lowest BCUT2D eigenvalue weighted by atomic mass is 10.1. The third kappa shape index (κ3) is 7.13. The van der Waals surface area contributed by atoms with Crippen molar-refractivity contribution in [3.8, 4) is 0 Å². The summed E-state index contributed by atoms with van der Waals surface area (Å²) in [6.45, 7) is 5.38. The van der Waals surface area contributed by atoms with Gasteiger partial charge in [0.05, 0.1) is 0 Å². The SMILES string of the molecule is CCOCCCNC(=S)N(C)CCc1ccccc1. The molecule has 0 aliphatic rings. The first-order valence-electron chi connectivity index (χ1n) is 6.84. The van der Waals surface area contributed by atoms with Gasteiger partial charge in [0.25, 0.3) is 0 Å². The lowest BCUT2D eigenvalue weighted by molar-refractivity contribution is 0.145. The zero-order valence-corrected chi connectivity index (χ0v) is 12.7. The molecule has 1 rings (SSSR count). The van der Waals surface area contributed by atoms with E-state index in [9.17, 15) is 0 Å². The molecule has 19 heavy (non-hydrogen) atoms. The van der Waals surface area contributed by atoms with Crippen LogP contribution in [0.4, 0.5) is 0 Å². The van der Waals surface area contributed by atoms with E-state index in [0.717, 1.165) is 44.3 Å². The molecule has 0 radical (unpaired) electrons. The number of ether oxygens (including phenoxy) is 1. The summed E-state index contributed by atoms with van der Waals surface area (Å²) < 4.78 is 5.28. The van der Waals surface area contributed by atoms with Crippen LogP contribution in [0.2, 0.25) is 0 Å². The molecule has 1 aromatic rings. The summed E-state index contributed by atoms with van der Waals surface area (Å²) in [4.78, 5) is 2.09. The minimum atomic E-state index is 0.779. The van der Waals surface area contributed by atoms with Crippen LogP contribution in [0, 0.1) is 0 Å². The van der Waals surface area contributed by atoms with Gasteiger partial charge in [-0.05, 0) is 37.5 Å². The van der Waals surface area contributed by atoms with Crippen molar-refractivity contribution >= 4 is 17.3 Å². The van der Waals surface area contributed by atoms with Crippen LogP contribution in [-0.4, -0.2) is 43.4 Å². The predicted molar refractivity (Wildman–Crippen MR) is 84.5 cm³/mol. The van der Waals surface area contributed by atoms with Crippen molar-refractivity contribution in [3.05, 3.63) is 35.9 Å². The van der Waals surface area contributed by atoms with Crippen molar-refractivity contribution in [3.63, 3.8) is 0 Å². The maximum absolute atomic E-state index is 5.34. The average Bonchev–Trinajstić information content (AvgIpc) is 2.45. The van der Waals surface area contributed by atoms with Gasteiger partial charge in [-0.2, -0.15) is 0 Å². The lowest BCUT2D eigenvalue weighted by Crippen LogP contribution is -2.38. The first-order chi connectivity index (χ1) is 9.24. The largest absolute Gasteiger partial charge is 0.382 e. The molecule has 0 bridgehead atoms. The van der Waals surface area contributed by atoms with Gasteiger partial charge in [-0.3, -0.25) is 0 Å². The Hall–Kier alpha value is -1.13. The van der Waals surface area contributed by atoms with Gasteiger partial charge in [-0.15, -0.1) is 0 Å². The monoisotopic (exact) mass is 280 g/mol. The number of nitrogens with zero attached hydrogens (tertiary/aromatic N) is 1.